The predicted molar refractivity (Wildman–Crippen MR) is 51.6 cm³/mol. The first-order valence-electron chi connectivity index (χ1n) is 4.73. The van der Waals surface area contributed by atoms with Gasteiger partial charge in [0, 0.05) is 12.8 Å². The minimum atomic E-state index is -0.881. The van der Waals surface area contributed by atoms with Crippen LogP contribution in [0.5, 0.6) is 0 Å². The second-order valence-electron chi connectivity index (χ2n) is 3.24. The second kappa shape index (κ2) is 7.35. The van der Waals surface area contributed by atoms with E-state index in [0.29, 0.717) is 13.0 Å². The van der Waals surface area contributed by atoms with Crippen LogP contribution in [-0.4, -0.2) is 23.7 Å². The zero-order valence-electron chi connectivity index (χ0n) is 8.66. The molecule has 14 heavy (non-hydrogen) atoms. The number of carboxylic acid groups (broad SMARTS) is 1. The van der Waals surface area contributed by atoms with E-state index in [1.807, 2.05) is 20.3 Å². The van der Waals surface area contributed by atoms with Crippen LogP contribution in [0, 0.1) is 12.3 Å². The number of carbonyl (C=O) groups excluding carboxylic acids is 1. The van der Waals surface area contributed by atoms with Crippen LogP contribution in [0.4, 0.5) is 0 Å². The number of aliphatic carboxylic acids is 1. The molecule has 0 aliphatic heterocycles. The van der Waals surface area contributed by atoms with Crippen molar-refractivity contribution >= 4 is 11.9 Å². The molecule has 81 valence electrons. The molecule has 0 aromatic heterocycles. The molecule has 0 aromatic rings. The van der Waals surface area contributed by atoms with Gasteiger partial charge in [-0.05, 0) is 18.8 Å². The number of hydrogen-bond acceptors (Lipinski definition) is 3. The molecule has 1 atom stereocenters. The third kappa shape index (κ3) is 7.58. The molecule has 4 heteroatoms. The number of esters is 1. The highest BCUT2D eigenvalue weighted by Gasteiger charge is 2.06. The highest BCUT2D eigenvalue weighted by Crippen LogP contribution is 2.02. The fourth-order valence-electron chi connectivity index (χ4n) is 0.777. The van der Waals surface area contributed by atoms with Crippen molar-refractivity contribution in [1.82, 2.24) is 0 Å². The SMILES string of the molecule is C[CH]C(C)COC(=O)CCCC(=O)O. The number of hydrogen-bond donors (Lipinski definition) is 1. The largest absolute Gasteiger partial charge is 0.481 e. The van der Waals surface area contributed by atoms with Crippen LogP contribution in [0.25, 0.3) is 0 Å². The normalized spacial score (nSPS) is 12.1. The van der Waals surface area contributed by atoms with Crippen molar-refractivity contribution < 1.29 is 19.4 Å². The Balaban J connectivity index is 3.41. The summed E-state index contributed by atoms with van der Waals surface area (Å²) in [7, 11) is 0. The van der Waals surface area contributed by atoms with Gasteiger partial charge in [-0.1, -0.05) is 13.8 Å². The molecule has 0 rings (SSSR count). The van der Waals surface area contributed by atoms with Crippen molar-refractivity contribution in [3.63, 3.8) is 0 Å². The average molecular weight is 201 g/mol. The average Bonchev–Trinajstić information content (AvgIpc) is 2.13. The fourth-order valence-corrected chi connectivity index (χ4v) is 0.777. The van der Waals surface area contributed by atoms with Gasteiger partial charge in [0.25, 0.3) is 0 Å². The monoisotopic (exact) mass is 201 g/mol. The van der Waals surface area contributed by atoms with Crippen molar-refractivity contribution in [2.45, 2.75) is 33.1 Å². The first kappa shape index (κ1) is 12.9. The zero-order valence-corrected chi connectivity index (χ0v) is 8.66. The van der Waals surface area contributed by atoms with Crippen LogP contribution in [0.3, 0.4) is 0 Å². The van der Waals surface area contributed by atoms with Gasteiger partial charge in [-0.2, -0.15) is 0 Å². The van der Waals surface area contributed by atoms with Crippen LogP contribution in [0.15, 0.2) is 0 Å². The third-order valence-electron chi connectivity index (χ3n) is 1.85. The summed E-state index contributed by atoms with van der Waals surface area (Å²) < 4.78 is 4.91. The first-order valence-corrected chi connectivity index (χ1v) is 4.73. The minimum Gasteiger partial charge on any atom is -0.481 e. The summed E-state index contributed by atoms with van der Waals surface area (Å²) in [5.74, 6) is -0.952. The highest BCUT2D eigenvalue weighted by molar-refractivity contribution is 5.71. The molecule has 1 N–H and O–H groups in total. The molecule has 0 fully saturated rings. The maximum absolute atomic E-state index is 11.0. The summed E-state index contributed by atoms with van der Waals surface area (Å²) in [6.45, 7) is 4.23. The Labute approximate surface area is 84.3 Å². The van der Waals surface area contributed by atoms with Crippen molar-refractivity contribution in [1.29, 1.82) is 0 Å². The molecule has 0 saturated heterocycles. The van der Waals surface area contributed by atoms with Crippen LogP contribution in [0.2, 0.25) is 0 Å². The van der Waals surface area contributed by atoms with Gasteiger partial charge in [-0.15, -0.1) is 0 Å². The van der Waals surface area contributed by atoms with E-state index in [-0.39, 0.29) is 24.7 Å². The molecule has 0 spiro atoms. The Kier molecular flexibility index (Phi) is 6.80. The molecule has 1 radical (unpaired) electrons. The summed E-state index contributed by atoms with van der Waals surface area (Å²) in [5, 5.41) is 8.33. The molecule has 0 saturated carbocycles. The summed E-state index contributed by atoms with van der Waals surface area (Å²) in [4.78, 5) is 21.2. The molecule has 0 aliphatic carbocycles. The Bertz CT molecular complexity index is 189. The lowest BCUT2D eigenvalue weighted by atomic mass is 10.1. The quantitative estimate of drug-likeness (QED) is 0.636. The Hall–Kier alpha value is -1.06. The number of ether oxygens (including phenoxy) is 1. The van der Waals surface area contributed by atoms with Crippen LogP contribution in [0.1, 0.15) is 33.1 Å². The van der Waals surface area contributed by atoms with Crippen LogP contribution in [-0.2, 0) is 14.3 Å². The summed E-state index contributed by atoms with van der Waals surface area (Å²) >= 11 is 0. The smallest absolute Gasteiger partial charge is 0.305 e. The van der Waals surface area contributed by atoms with Crippen LogP contribution >= 0.6 is 0 Å². The van der Waals surface area contributed by atoms with Crippen molar-refractivity contribution in [2.24, 2.45) is 5.92 Å². The molecule has 4 nitrogen and oxygen atoms in total. The Morgan fingerprint density at radius 2 is 2.07 bits per heavy atom. The fraction of sp³-hybridized carbons (Fsp3) is 0.700. The zero-order chi connectivity index (χ0) is 11.0. The lowest BCUT2D eigenvalue weighted by Gasteiger charge is -2.08. The van der Waals surface area contributed by atoms with E-state index in [0.717, 1.165) is 0 Å². The van der Waals surface area contributed by atoms with E-state index in [2.05, 4.69) is 0 Å². The Morgan fingerprint density at radius 3 is 2.57 bits per heavy atom. The minimum absolute atomic E-state index is 0.0184. The maximum Gasteiger partial charge on any atom is 0.305 e. The molecule has 0 bridgehead atoms. The summed E-state index contributed by atoms with van der Waals surface area (Å²) in [6, 6.07) is 0. The summed E-state index contributed by atoms with van der Waals surface area (Å²) in [6.07, 6.45) is 2.50. The van der Waals surface area contributed by atoms with Gasteiger partial charge < -0.3 is 9.84 Å². The molecule has 0 aromatic carbocycles. The molecule has 0 aliphatic rings. The third-order valence-corrected chi connectivity index (χ3v) is 1.85. The molecule has 1 unspecified atom stereocenters. The topological polar surface area (TPSA) is 63.6 Å². The van der Waals surface area contributed by atoms with Gasteiger partial charge in [0.05, 0.1) is 6.61 Å². The molecule has 0 heterocycles. The van der Waals surface area contributed by atoms with Gasteiger partial charge in [0.15, 0.2) is 0 Å². The van der Waals surface area contributed by atoms with Crippen molar-refractivity contribution in [3.05, 3.63) is 6.42 Å². The van der Waals surface area contributed by atoms with E-state index in [4.69, 9.17) is 9.84 Å². The lowest BCUT2D eigenvalue weighted by Crippen LogP contribution is -2.11. The first-order chi connectivity index (χ1) is 6.56. The summed E-state index contributed by atoms with van der Waals surface area (Å²) in [5.41, 5.74) is 0. The van der Waals surface area contributed by atoms with Gasteiger partial charge in [0.1, 0.15) is 0 Å². The number of carbonyl (C=O) groups is 2. The van der Waals surface area contributed by atoms with E-state index in [1.54, 1.807) is 0 Å². The van der Waals surface area contributed by atoms with Gasteiger partial charge in [0.2, 0.25) is 0 Å². The molecular formula is C10H17O4. The lowest BCUT2D eigenvalue weighted by molar-refractivity contribution is -0.144. The predicted octanol–water partition coefficient (Wildman–Crippen LogP) is 1.64. The molecule has 0 amide bonds. The van der Waals surface area contributed by atoms with Crippen molar-refractivity contribution in [3.8, 4) is 0 Å². The second-order valence-corrected chi connectivity index (χ2v) is 3.24. The number of carboxylic acids is 1. The highest BCUT2D eigenvalue weighted by atomic mass is 16.5. The van der Waals surface area contributed by atoms with E-state index < -0.39 is 5.97 Å². The van der Waals surface area contributed by atoms with Crippen molar-refractivity contribution in [2.75, 3.05) is 6.61 Å². The van der Waals surface area contributed by atoms with Gasteiger partial charge in [-0.25, -0.2) is 0 Å². The number of rotatable bonds is 7. The van der Waals surface area contributed by atoms with E-state index >= 15 is 0 Å². The van der Waals surface area contributed by atoms with E-state index in [1.165, 1.54) is 0 Å². The van der Waals surface area contributed by atoms with Crippen LogP contribution < -0.4 is 0 Å². The van der Waals surface area contributed by atoms with E-state index in [9.17, 15) is 9.59 Å². The molecular weight excluding hydrogens is 184 g/mol. The van der Waals surface area contributed by atoms with Gasteiger partial charge in [-0.3, -0.25) is 9.59 Å². The van der Waals surface area contributed by atoms with Gasteiger partial charge >= 0.3 is 11.9 Å². The standard InChI is InChI=1S/C10H17O4/c1-3-8(2)7-14-10(13)6-4-5-9(11)12/h3,8H,4-7H2,1-2H3,(H,11,12). The maximum atomic E-state index is 11.0. The Morgan fingerprint density at radius 1 is 1.43 bits per heavy atom.